The molecule has 0 radical (unpaired) electrons. The van der Waals surface area contributed by atoms with Crippen LogP contribution in [0.2, 0.25) is 0 Å². The third kappa shape index (κ3) is 4.77. The molecule has 1 aliphatic rings. The number of amides is 2. The van der Waals surface area contributed by atoms with Crippen LogP contribution in [0.1, 0.15) is 6.92 Å². The molecule has 0 fully saturated rings. The van der Waals surface area contributed by atoms with Crippen LogP contribution in [-0.4, -0.2) is 36.8 Å². The molecule has 0 bridgehead atoms. The number of halogens is 2. The minimum Gasteiger partial charge on any atom is -0.488 e. The summed E-state index contributed by atoms with van der Waals surface area (Å²) in [6.45, 7) is 1.60. The molecule has 0 saturated carbocycles. The molecule has 3 rings (SSSR count). The fraction of sp³-hybridized carbons (Fsp3) is 0.263. The van der Waals surface area contributed by atoms with E-state index in [-0.39, 0.29) is 36.5 Å². The lowest BCUT2D eigenvalue weighted by atomic mass is 10.2. The molecule has 2 amide bonds. The van der Waals surface area contributed by atoms with Crippen molar-refractivity contribution in [2.75, 3.05) is 23.8 Å². The Morgan fingerprint density at radius 3 is 2.85 bits per heavy atom. The second-order valence-electron chi connectivity index (χ2n) is 6.09. The number of anilines is 1. The van der Waals surface area contributed by atoms with Crippen LogP contribution in [0.15, 0.2) is 47.4 Å². The van der Waals surface area contributed by atoms with Gasteiger partial charge in [0.2, 0.25) is 11.8 Å². The number of benzene rings is 2. The van der Waals surface area contributed by atoms with E-state index in [1.165, 1.54) is 22.7 Å². The summed E-state index contributed by atoms with van der Waals surface area (Å²) < 4.78 is 31.7. The molecule has 0 unspecified atom stereocenters. The fourth-order valence-corrected chi connectivity index (χ4v) is 3.58. The van der Waals surface area contributed by atoms with Crippen LogP contribution in [0.5, 0.6) is 5.75 Å². The molecule has 2 aromatic carbocycles. The number of rotatable bonds is 6. The van der Waals surface area contributed by atoms with Crippen molar-refractivity contribution >= 4 is 29.3 Å². The predicted molar refractivity (Wildman–Crippen MR) is 99.0 cm³/mol. The lowest BCUT2D eigenvalue weighted by Gasteiger charge is -2.28. The first-order valence-corrected chi connectivity index (χ1v) is 9.32. The molecule has 1 atom stereocenters. The molecule has 0 spiro atoms. The minimum atomic E-state index is -0.804. The van der Waals surface area contributed by atoms with E-state index < -0.39 is 17.7 Å². The van der Waals surface area contributed by atoms with Crippen molar-refractivity contribution in [3.63, 3.8) is 0 Å². The van der Waals surface area contributed by atoms with Crippen LogP contribution in [0.3, 0.4) is 0 Å². The predicted octanol–water partition coefficient (Wildman–Crippen LogP) is 2.99. The summed E-state index contributed by atoms with van der Waals surface area (Å²) >= 11 is 1.44. The number of fused-ring (bicyclic) bond motifs is 1. The van der Waals surface area contributed by atoms with Crippen LogP contribution in [-0.2, 0) is 9.59 Å². The number of nitrogens with one attached hydrogen (secondary N) is 1. The Kier molecular flexibility index (Phi) is 5.95. The van der Waals surface area contributed by atoms with Gasteiger partial charge in [-0.15, -0.1) is 11.8 Å². The van der Waals surface area contributed by atoms with Crippen molar-refractivity contribution in [2.45, 2.75) is 17.9 Å². The Morgan fingerprint density at radius 2 is 2.07 bits per heavy atom. The van der Waals surface area contributed by atoms with Crippen LogP contribution < -0.4 is 15.0 Å². The van der Waals surface area contributed by atoms with E-state index in [2.05, 4.69) is 5.32 Å². The molecule has 1 N–H and O–H groups in total. The third-order valence-corrected chi connectivity index (χ3v) is 4.95. The summed E-state index contributed by atoms with van der Waals surface area (Å²) in [7, 11) is 0. The molecule has 0 saturated heterocycles. The first-order valence-electron chi connectivity index (χ1n) is 8.33. The molecule has 5 nitrogen and oxygen atoms in total. The number of carbonyl (C=O) groups excluding carboxylic acids is 2. The molecule has 0 aliphatic carbocycles. The summed E-state index contributed by atoms with van der Waals surface area (Å²) in [5, 5.41) is 2.72. The van der Waals surface area contributed by atoms with Gasteiger partial charge >= 0.3 is 0 Å². The standard InChI is InChI=1S/C19H18F2N2O3S/c1-12(10-26-16-7-6-13(20)8-14(16)21)22-18(24)9-23-15-4-2-3-5-17(15)27-11-19(23)25/h2-8,12H,9-11H2,1H3,(H,22,24)/t12-/m1/s1. The van der Waals surface area contributed by atoms with Gasteiger partial charge in [0.25, 0.3) is 0 Å². The van der Waals surface area contributed by atoms with Gasteiger partial charge in [0.05, 0.1) is 17.5 Å². The highest BCUT2D eigenvalue weighted by Gasteiger charge is 2.26. The van der Waals surface area contributed by atoms with Crippen LogP contribution in [0.4, 0.5) is 14.5 Å². The van der Waals surface area contributed by atoms with Crippen molar-refractivity contribution in [3.05, 3.63) is 54.1 Å². The van der Waals surface area contributed by atoms with Crippen molar-refractivity contribution in [3.8, 4) is 5.75 Å². The maximum absolute atomic E-state index is 13.6. The van der Waals surface area contributed by atoms with Crippen molar-refractivity contribution in [1.29, 1.82) is 0 Å². The molecule has 142 valence electrons. The van der Waals surface area contributed by atoms with Crippen LogP contribution in [0, 0.1) is 11.6 Å². The van der Waals surface area contributed by atoms with Gasteiger partial charge in [-0.3, -0.25) is 9.59 Å². The summed E-state index contributed by atoms with van der Waals surface area (Å²) in [5.41, 5.74) is 0.714. The van der Waals surface area contributed by atoms with Crippen molar-refractivity contribution < 1.29 is 23.1 Å². The smallest absolute Gasteiger partial charge is 0.240 e. The normalized spacial score (nSPS) is 14.5. The molecular formula is C19H18F2N2O3S. The molecule has 8 heteroatoms. The highest BCUT2D eigenvalue weighted by Crippen LogP contribution is 2.34. The van der Waals surface area contributed by atoms with E-state index in [0.717, 1.165) is 17.0 Å². The quantitative estimate of drug-likeness (QED) is 0.821. The zero-order valence-corrected chi connectivity index (χ0v) is 15.4. The first kappa shape index (κ1) is 19.2. The Labute approximate surface area is 159 Å². The number of ether oxygens (including phenoxy) is 1. The van der Waals surface area contributed by atoms with Crippen LogP contribution >= 0.6 is 11.8 Å². The zero-order valence-electron chi connectivity index (χ0n) is 14.6. The minimum absolute atomic E-state index is 0.00861. The lowest BCUT2D eigenvalue weighted by Crippen LogP contribution is -2.46. The number of hydrogen-bond acceptors (Lipinski definition) is 4. The Hall–Kier alpha value is -2.61. The zero-order chi connectivity index (χ0) is 19.4. The Balaban J connectivity index is 1.55. The van der Waals surface area contributed by atoms with Crippen molar-refractivity contribution in [1.82, 2.24) is 5.32 Å². The van der Waals surface area contributed by atoms with Gasteiger partial charge in [0.1, 0.15) is 19.0 Å². The van der Waals surface area contributed by atoms with E-state index >= 15 is 0 Å². The summed E-state index contributed by atoms with van der Waals surface area (Å²) in [6.07, 6.45) is 0. The molecular weight excluding hydrogens is 374 g/mol. The topological polar surface area (TPSA) is 58.6 Å². The van der Waals surface area contributed by atoms with Gasteiger partial charge in [0.15, 0.2) is 11.6 Å². The van der Waals surface area contributed by atoms with E-state index in [1.54, 1.807) is 13.0 Å². The average molecular weight is 392 g/mol. The third-order valence-electron chi connectivity index (χ3n) is 3.90. The molecule has 27 heavy (non-hydrogen) atoms. The molecule has 1 aliphatic heterocycles. The van der Waals surface area contributed by atoms with E-state index in [9.17, 15) is 18.4 Å². The molecule has 1 heterocycles. The number of thioether (sulfide) groups is 1. The first-order chi connectivity index (χ1) is 12.9. The van der Waals surface area contributed by atoms with Crippen molar-refractivity contribution in [2.24, 2.45) is 0 Å². The van der Waals surface area contributed by atoms with Crippen LogP contribution in [0.25, 0.3) is 0 Å². The largest absolute Gasteiger partial charge is 0.488 e. The maximum Gasteiger partial charge on any atom is 0.240 e. The van der Waals surface area contributed by atoms with Gasteiger partial charge in [-0.1, -0.05) is 12.1 Å². The SMILES string of the molecule is C[C@H](COc1ccc(F)cc1F)NC(=O)CN1C(=O)CSc2ccccc21. The van der Waals surface area contributed by atoms with Gasteiger partial charge in [0, 0.05) is 11.0 Å². The Bertz CT molecular complexity index is 863. The van der Waals surface area contributed by atoms with E-state index in [4.69, 9.17) is 4.74 Å². The maximum atomic E-state index is 13.6. The number of hydrogen-bond donors (Lipinski definition) is 1. The molecule has 0 aromatic heterocycles. The monoisotopic (exact) mass is 392 g/mol. The van der Waals surface area contributed by atoms with Gasteiger partial charge in [-0.05, 0) is 31.2 Å². The summed E-state index contributed by atoms with van der Waals surface area (Å²) in [6, 6.07) is 10.0. The highest BCUT2D eigenvalue weighted by atomic mass is 32.2. The number of carbonyl (C=O) groups is 2. The lowest BCUT2D eigenvalue weighted by molar-refractivity contribution is -0.123. The van der Waals surface area contributed by atoms with Gasteiger partial charge < -0.3 is 15.0 Å². The Morgan fingerprint density at radius 1 is 1.30 bits per heavy atom. The summed E-state index contributed by atoms with van der Waals surface area (Å²) in [4.78, 5) is 26.9. The summed E-state index contributed by atoms with van der Waals surface area (Å²) in [5.74, 6) is -1.78. The van der Waals surface area contributed by atoms with Gasteiger partial charge in [-0.2, -0.15) is 0 Å². The van der Waals surface area contributed by atoms with E-state index in [1.807, 2.05) is 18.2 Å². The van der Waals surface area contributed by atoms with E-state index in [0.29, 0.717) is 5.69 Å². The molecule has 2 aromatic rings. The van der Waals surface area contributed by atoms with Gasteiger partial charge in [-0.25, -0.2) is 8.78 Å². The number of para-hydroxylation sites is 1. The second-order valence-corrected chi connectivity index (χ2v) is 7.11. The fourth-order valence-electron chi connectivity index (χ4n) is 2.64. The highest BCUT2D eigenvalue weighted by molar-refractivity contribution is 8.00. The second kappa shape index (κ2) is 8.39. The average Bonchev–Trinajstić information content (AvgIpc) is 2.63. The number of nitrogens with zero attached hydrogens (tertiary/aromatic N) is 1.